The number of ether oxygens (including phenoxy) is 3. The standard InChI is InChI=1S/C16H22O8/c17-7-22-13-3-2-11(16(20)21)5-12(13)10-1-4-14(23-8-18)15(6-10)24-9-19/h7-15H,1-6H2,(H,20,21). The summed E-state index contributed by atoms with van der Waals surface area (Å²) in [6.07, 6.45) is 1.67. The van der Waals surface area contributed by atoms with Gasteiger partial charge in [-0.3, -0.25) is 19.2 Å². The van der Waals surface area contributed by atoms with Crippen molar-refractivity contribution in [3.8, 4) is 0 Å². The van der Waals surface area contributed by atoms with Crippen molar-refractivity contribution in [2.24, 2.45) is 17.8 Å². The van der Waals surface area contributed by atoms with Gasteiger partial charge in [0.15, 0.2) is 0 Å². The van der Waals surface area contributed by atoms with Gasteiger partial charge in [0.2, 0.25) is 0 Å². The Morgan fingerprint density at radius 2 is 1.38 bits per heavy atom. The summed E-state index contributed by atoms with van der Waals surface area (Å²) in [5.74, 6) is -1.38. The molecule has 6 atom stereocenters. The first kappa shape index (κ1) is 18.2. The van der Waals surface area contributed by atoms with Gasteiger partial charge in [0.1, 0.15) is 18.3 Å². The maximum atomic E-state index is 11.3. The smallest absolute Gasteiger partial charge is 0.306 e. The van der Waals surface area contributed by atoms with E-state index in [1.54, 1.807) is 0 Å². The Morgan fingerprint density at radius 1 is 0.792 bits per heavy atom. The minimum absolute atomic E-state index is 0.0357. The van der Waals surface area contributed by atoms with E-state index in [1.165, 1.54) is 0 Å². The summed E-state index contributed by atoms with van der Waals surface area (Å²) in [6, 6.07) is 0. The molecule has 24 heavy (non-hydrogen) atoms. The maximum Gasteiger partial charge on any atom is 0.306 e. The number of aliphatic carboxylic acids is 1. The first-order valence-corrected chi connectivity index (χ1v) is 8.10. The number of carbonyl (C=O) groups is 4. The lowest BCUT2D eigenvalue weighted by atomic mass is 9.68. The molecule has 0 heterocycles. The first-order chi connectivity index (χ1) is 11.6. The molecule has 134 valence electrons. The highest BCUT2D eigenvalue weighted by molar-refractivity contribution is 5.70. The van der Waals surface area contributed by atoms with Crippen molar-refractivity contribution < 1.29 is 38.5 Å². The average Bonchev–Trinajstić information content (AvgIpc) is 2.57. The summed E-state index contributed by atoms with van der Waals surface area (Å²) in [6.45, 7) is 1.07. The zero-order chi connectivity index (χ0) is 17.5. The number of carboxylic acids is 1. The van der Waals surface area contributed by atoms with Crippen LogP contribution >= 0.6 is 0 Å². The predicted octanol–water partition coefficient (Wildman–Crippen LogP) is 0.912. The van der Waals surface area contributed by atoms with Crippen LogP contribution in [0.4, 0.5) is 0 Å². The minimum atomic E-state index is -0.844. The molecule has 1 N–H and O–H groups in total. The van der Waals surface area contributed by atoms with Gasteiger partial charge in [0.05, 0.1) is 5.92 Å². The maximum absolute atomic E-state index is 11.3. The molecule has 0 aliphatic heterocycles. The fourth-order valence-corrected chi connectivity index (χ4v) is 4.10. The molecule has 2 aliphatic carbocycles. The van der Waals surface area contributed by atoms with Crippen LogP contribution in [0.25, 0.3) is 0 Å². The number of carboxylic acid groups (broad SMARTS) is 1. The van der Waals surface area contributed by atoms with Crippen molar-refractivity contribution in [3.05, 3.63) is 0 Å². The summed E-state index contributed by atoms with van der Waals surface area (Å²) in [7, 11) is 0. The monoisotopic (exact) mass is 342 g/mol. The van der Waals surface area contributed by atoms with Crippen LogP contribution in [0.15, 0.2) is 0 Å². The van der Waals surface area contributed by atoms with Gasteiger partial charge in [-0.15, -0.1) is 0 Å². The lowest BCUT2D eigenvalue weighted by Gasteiger charge is -2.42. The van der Waals surface area contributed by atoms with Crippen LogP contribution in [0, 0.1) is 17.8 Å². The van der Waals surface area contributed by atoms with Crippen LogP contribution in [-0.2, 0) is 33.4 Å². The third kappa shape index (κ3) is 4.24. The Balaban J connectivity index is 2.09. The Labute approximate surface area is 139 Å². The van der Waals surface area contributed by atoms with E-state index in [0.717, 1.165) is 0 Å². The lowest BCUT2D eigenvalue weighted by Crippen LogP contribution is -2.44. The molecule has 2 aliphatic rings. The van der Waals surface area contributed by atoms with Crippen molar-refractivity contribution >= 4 is 25.4 Å². The van der Waals surface area contributed by atoms with Crippen molar-refractivity contribution in [1.82, 2.24) is 0 Å². The highest BCUT2D eigenvalue weighted by Gasteiger charge is 2.43. The fraction of sp³-hybridized carbons (Fsp3) is 0.750. The number of rotatable bonds is 8. The Bertz CT molecular complexity index is 465. The highest BCUT2D eigenvalue weighted by Crippen LogP contribution is 2.42. The third-order valence-corrected chi connectivity index (χ3v) is 5.25. The van der Waals surface area contributed by atoms with Crippen LogP contribution in [0.2, 0.25) is 0 Å². The molecule has 2 fully saturated rings. The SMILES string of the molecule is O=COC1CCC(C2CC(C(=O)O)CCC2OC=O)CC1OC=O. The third-order valence-electron chi connectivity index (χ3n) is 5.25. The van der Waals surface area contributed by atoms with Crippen LogP contribution in [0.1, 0.15) is 38.5 Å². The molecule has 0 aromatic heterocycles. The van der Waals surface area contributed by atoms with Gasteiger partial charge in [0, 0.05) is 0 Å². The first-order valence-electron chi connectivity index (χ1n) is 8.10. The topological polar surface area (TPSA) is 116 Å². The van der Waals surface area contributed by atoms with Crippen LogP contribution < -0.4 is 0 Å². The molecular weight excluding hydrogens is 320 g/mol. The summed E-state index contributed by atoms with van der Waals surface area (Å²) >= 11 is 0. The lowest BCUT2D eigenvalue weighted by molar-refractivity contribution is -0.161. The molecule has 0 aromatic rings. The number of hydrogen-bond acceptors (Lipinski definition) is 7. The van der Waals surface area contributed by atoms with Gasteiger partial charge in [-0.25, -0.2) is 0 Å². The molecule has 0 saturated heterocycles. The van der Waals surface area contributed by atoms with Crippen LogP contribution in [-0.4, -0.2) is 48.8 Å². The van der Waals surface area contributed by atoms with Crippen molar-refractivity contribution in [1.29, 1.82) is 0 Å². The van der Waals surface area contributed by atoms with Crippen molar-refractivity contribution in [2.45, 2.75) is 56.8 Å². The zero-order valence-electron chi connectivity index (χ0n) is 13.2. The molecule has 2 saturated carbocycles. The second-order valence-corrected chi connectivity index (χ2v) is 6.40. The summed E-state index contributed by atoms with van der Waals surface area (Å²) in [4.78, 5) is 43.3. The summed E-state index contributed by atoms with van der Waals surface area (Å²) in [5.41, 5.74) is 0. The molecule has 0 spiro atoms. The van der Waals surface area contributed by atoms with Gasteiger partial charge in [-0.2, -0.15) is 0 Å². The number of carbonyl (C=O) groups excluding carboxylic acids is 3. The molecule has 2 rings (SSSR count). The van der Waals surface area contributed by atoms with Gasteiger partial charge in [-0.05, 0) is 50.4 Å². The van der Waals surface area contributed by atoms with Crippen molar-refractivity contribution in [3.63, 3.8) is 0 Å². The largest absolute Gasteiger partial charge is 0.481 e. The van der Waals surface area contributed by atoms with E-state index >= 15 is 0 Å². The fourth-order valence-electron chi connectivity index (χ4n) is 4.10. The minimum Gasteiger partial charge on any atom is -0.481 e. The van der Waals surface area contributed by atoms with E-state index in [4.69, 9.17) is 14.2 Å². The Morgan fingerprint density at radius 3 is 2.00 bits per heavy atom. The summed E-state index contributed by atoms with van der Waals surface area (Å²) in [5, 5.41) is 9.28. The quantitative estimate of drug-likeness (QED) is 0.511. The van der Waals surface area contributed by atoms with Gasteiger partial charge < -0.3 is 19.3 Å². The second-order valence-electron chi connectivity index (χ2n) is 6.40. The van der Waals surface area contributed by atoms with E-state index in [1.807, 2.05) is 0 Å². The molecule has 8 nitrogen and oxygen atoms in total. The van der Waals surface area contributed by atoms with E-state index in [2.05, 4.69) is 0 Å². The molecule has 6 unspecified atom stereocenters. The van der Waals surface area contributed by atoms with E-state index in [9.17, 15) is 24.3 Å². The molecule has 0 bridgehead atoms. The van der Waals surface area contributed by atoms with Crippen LogP contribution in [0.5, 0.6) is 0 Å². The number of hydrogen-bond donors (Lipinski definition) is 1. The average molecular weight is 342 g/mol. The Hall–Kier alpha value is -2.12. The van der Waals surface area contributed by atoms with Gasteiger partial charge in [0.25, 0.3) is 19.4 Å². The van der Waals surface area contributed by atoms with Gasteiger partial charge in [-0.1, -0.05) is 0 Å². The zero-order valence-corrected chi connectivity index (χ0v) is 13.2. The van der Waals surface area contributed by atoms with Gasteiger partial charge >= 0.3 is 5.97 Å². The molecule has 0 radical (unpaired) electrons. The predicted molar refractivity (Wildman–Crippen MR) is 78.6 cm³/mol. The molecule has 8 heteroatoms. The highest BCUT2D eigenvalue weighted by atomic mass is 16.6. The normalized spacial score (nSPS) is 36.2. The van der Waals surface area contributed by atoms with E-state index in [-0.39, 0.29) is 17.9 Å². The molecule has 0 aromatic carbocycles. The molecule has 0 amide bonds. The van der Waals surface area contributed by atoms with E-state index < -0.39 is 24.1 Å². The summed E-state index contributed by atoms with van der Waals surface area (Å²) < 4.78 is 15.2. The Kier molecular flexibility index (Phi) is 6.57. The van der Waals surface area contributed by atoms with E-state index in [0.29, 0.717) is 57.9 Å². The second kappa shape index (κ2) is 8.65. The van der Waals surface area contributed by atoms with Crippen LogP contribution in [0.3, 0.4) is 0 Å². The van der Waals surface area contributed by atoms with Crippen molar-refractivity contribution in [2.75, 3.05) is 0 Å². The molecular formula is C16H22O8.